The van der Waals surface area contributed by atoms with E-state index < -0.39 is 0 Å². The number of allylic oxidation sites excluding steroid dienone is 2. The third-order valence-corrected chi connectivity index (χ3v) is 0.678. The molecule has 0 heterocycles. The minimum Gasteiger partial charge on any atom is -0.216 e. The smallest absolute Gasteiger partial charge is 0.0827 e. The molecule has 0 N–H and O–H groups in total. The Kier molecular flexibility index (Phi) is 5.82. The fourth-order valence-electron chi connectivity index (χ4n) is 0.318. The molecule has 0 aromatic carbocycles. The van der Waals surface area contributed by atoms with Gasteiger partial charge in [0.1, 0.15) is 0 Å². The van der Waals surface area contributed by atoms with E-state index in [2.05, 4.69) is 0 Å². The molecule has 0 aromatic heterocycles. The van der Waals surface area contributed by atoms with Crippen LogP contribution in [-0.4, -0.2) is 0 Å². The molecule has 0 bridgehead atoms. The largest absolute Gasteiger partial charge is 0.216 e. The van der Waals surface area contributed by atoms with Crippen LogP contribution >= 0.6 is 0 Å². The van der Waals surface area contributed by atoms with E-state index in [1.807, 2.05) is 0 Å². The van der Waals surface area contributed by atoms with E-state index in [0.29, 0.717) is 25.5 Å². The van der Waals surface area contributed by atoms with Gasteiger partial charge >= 0.3 is 0 Å². The Balaban J connectivity index is 2.93. The van der Waals surface area contributed by atoms with Crippen LogP contribution in [0.15, 0.2) is 24.8 Å². The van der Waals surface area contributed by atoms with E-state index in [4.69, 9.17) is 0 Å². The minimum atomic E-state index is 0.464. The number of hydrogen-bond donors (Lipinski definition) is 0. The fourth-order valence-corrected chi connectivity index (χ4v) is 0.318. The summed E-state index contributed by atoms with van der Waals surface area (Å²) in [6, 6.07) is 0. The summed E-state index contributed by atoms with van der Waals surface area (Å²) in [5.41, 5.74) is 0. The third-order valence-electron chi connectivity index (χ3n) is 0.678. The van der Waals surface area contributed by atoms with Crippen molar-refractivity contribution in [3.8, 4) is 0 Å². The Morgan fingerprint density at radius 1 is 0.875 bits per heavy atom. The lowest BCUT2D eigenvalue weighted by molar-refractivity contribution is 0.706. The summed E-state index contributed by atoms with van der Waals surface area (Å²) in [6.07, 6.45) is 4.76. The highest BCUT2D eigenvalue weighted by molar-refractivity contribution is 4.79. The fraction of sp³-hybridized carbons (Fsp3) is 0.333. The van der Waals surface area contributed by atoms with Gasteiger partial charge in [0.05, 0.1) is 12.7 Å². The van der Waals surface area contributed by atoms with Crippen molar-refractivity contribution in [2.45, 2.75) is 12.8 Å². The Morgan fingerprint density at radius 2 is 1.25 bits per heavy atom. The van der Waals surface area contributed by atoms with Gasteiger partial charge in [0.15, 0.2) is 0 Å². The summed E-state index contributed by atoms with van der Waals surface area (Å²) in [4.78, 5) is 0. The first-order chi connectivity index (χ1) is 3.91. The molecular weight excluding hydrogens is 110 g/mol. The van der Waals surface area contributed by atoms with Crippen LogP contribution in [0.3, 0.4) is 0 Å². The van der Waals surface area contributed by atoms with Gasteiger partial charge in [0.25, 0.3) is 0 Å². The lowest BCUT2D eigenvalue weighted by atomic mass is 10.3. The average Bonchev–Trinajstić information content (AvgIpc) is 1.81. The molecule has 0 radical (unpaired) electrons. The van der Waals surface area contributed by atoms with Crippen molar-refractivity contribution in [1.29, 1.82) is 0 Å². The van der Waals surface area contributed by atoms with Crippen molar-refractivity contribution in [3.63, 3.8) is 0 Å². The van der Waals surface area contributed by atoms with Crippen molar-refractivity contribution in [2.24, 2.45) is 0 Å². The molecule has 0 spiro atoms. The average molecular weight is 118 g/mol. The molecule has 8 heavy (non-hydrogen) atoms. The van der Waals surface area contributed by atoms with Crippen molar-refractivity contribution in [1.82, 2.24) is 0 Å². The molecule has 0 aromatic rings. The van der Waals surface area contributed by atoms with E-state index >= 15 is 0 Å². The van der Waals surface area contributed by atoms with Gasteiger partial charge in [-0.15, -0.1) is 0 Å². The van der Waals surface area contributed by atoms with E-state index in [0.717, 1.165) is 0 Å². The van der Waals surface area contributed by atoms with Crippen molar-refractivity contribution >= 4 is 0 Å². The summed E-state index contributed by atoms with van der Waals surface area (Å²) in [5, 5.41) is 0. The molecule has 0 saturated heterocycles. The molecule has 0 nitrogen and oxygen atoms in total. The lowest BCUT2D eigenvalue weighted by Crippen LogP contribution is -1.59. The van der Waals surface area contributed by atoms with Gasteiger partial charge in [-0.3, -0.25) is 0 Å². The quantitative estimate of drug-likeness (QED) is 0.500. The standard InChI is InChI=1S/C6H8F2/c7-5-3-1-2-4-6-8/h3-6H,1-2H2/b5-3+,6-4+. The second-order valence-corrected chi connectivity index (χ2v) is 1.30. The molecule has 0 rings (SSSR count). The zero-order valence-corrected chi connectivity index (χ0v) is 4.48. The summed E-state index contributed by atoms with van der Waals surface area (Å²) in [7, 11) is 0. The first kappa shape index (κ1) is 7.34. The molecular formula is C6H8F2. The minimum absolute atomic E-state index is 0.464. The number of hydrogen-bond acceptors (Lipinski definition) is 0. The molecule has 0 atom stereocenters. The number of halogens is 2. The molecule has 2 heteroatoms. The molecule has 0 aliphatic rings. The predicted octanol–water partition coefficient (Wildman–Crippen LogP) is 2.73. The monoisotopic (exact) mass is 118 g/mol. The van der Waals surface area contributed by atoms with Crippen LogP contribution in [-0.2, 0) is 0 Å². The van der Waals surface area contributed by atoms with Gasteiger partial charge in [-0.05, 0) is 12.8 Å². The highest BCUT2D eigenvalue weighted by Gasteiger charge is 1.73. The molecule has 0 aliphatic carbocycles. The van der Waals surface area contributed by atoms with Gasteiger partial charge in [-0.1, -0.05) is 12.2 Å². The van der Waals surface area contributed by atoms with Crippen LogP contribution in [0.1, 0.15) is 12.8 Å². The van der Waals surface area contributed by atoms with Crippen LogP contribution in [0, 0.1) is 0 Å². The van der Waals surface area contributed by atoms with Crippen molar-refractivity contribution < 1.29 is 8.78 Å². The van der Waals surface area contributed by atoms with Crippen molar-refractivity contribution in [2.75, 3.05) is 0 Å². The molecule has 0 amide bonds. The van der Waals surface area contributed by atoms with Crippen LogP contribution < -0.4 is 0 Å². The maximum absolute atomic E-state index is 11.1. The highest BCUT2D eigenvalue weighted by Crippen LogP contribution is 1.92. The van der Waals surface area contributed by atoms with Gasteiger partial charge in [0, 0.05) is 0 Å². The molecule has 0 saturated carbocycles. The van der Waals surface area contributed by atoms with Crippen LogP contribution in [0.25, 0.3) is 0 Å². The Labute approximate surface area is 47.5 Å². The zero-order valence-electron chi connectivity index (χ0n) is 4.48. The lowest BCUT2D eigenvalue weighted by Gasteiger charge is -1.78. The van der Waals surface area contributed by atoms with Crippen LogP contribution in [0.2, 0.25) is 0 Å². The Hall–Kier alpha value is -0.660. The summed E-state index contributed by atoms with van der Waals surface area (Å²) >= 11 is 0. The van der Waals surface area contributed by atoms with E-state index in [1.54, 1.807) is 0 Å². The Bertz CT molecular complexity index is 72.5. The predicted molar refractivity (Wildman–Crippen MR) is 29.7 cm³/mol. The van der Waals surface area contributed by atoms with Gasteiger partial charge in [-0.25, -0.2) is 8.78 Å². The highest BCUT2D eigenvalue weighted by atomic mass is 19.1. The van der Waals surface area contributed by atoms with Crippen LogP contribution in [0.5, 0.6) is 0 Å². The third kappa shape index (κ3) is 5.34. The normalized spacial score (nSPS) is 11.8. The number of rotatable bonds is 3. The molecule has 0 unspecified atom stereocenters. The topological polar surface area (TPSA) is 0 Å². The first-order valence-electron chi connectivity index (χ1n) is 2.42. The molecule has 0 fully saturated rings. The zero-order chi connectivity index (χ0) is 6.24. The van der Waals surface area contributed by atoms with E-state index in [9.17, 15) is 8.78 Å². The molecule has 46 valence electrons. The van der Waals surface area contributed by atoms with Gasteiger partial charge in [0.2, 0.25) is 0 Å². The van der Waals surface area contributed by atoms with Crippen LogP contribution in [0.4, 0.5) is 8.78 Å². The summed E-state index contributed by atoms with van der Waals surface area (Å²) in [6.45, 7) is 0. The van der Waals surface area contributed by atoms with Crippen molar-refractivity contribution in [3.05, 3.63) is 24.8 Å². The second-order valence-electron chi connectivity index (χ2n) is 1.30. The molecule has 0 aliphatic heterocycles. The second kappa shape index (κ2) is 6.34. The maximum atomic E-state index is 11.1. The number of unbranched alkanes of at least 4 members (excludes halogenated alkanes) is 1. The first-order valence-corrected chi connectivity index (χ1v) is 2.42. The van der Waals surface area contributed by atoms with E-state index in [-0.39, 0.29) is 0 Å². The summed E-state index contributed by atoms with van der Waals surface area (Å²) < 4.78 is 22.2. The van der Waals surface area contributed by atoms with Gasteiger partial charge in [-0.2, -0.15) is 0 Å². The Morgan fingerprint density at radius 3 is 1.50 bits per heavy atom. The SMILES string of the molecule is F/C=C/CC/C=C/F. The maximum Gasteiger partial charge on any atom is 0.0827 e. The van der Waals surface area contributed by atoms with E-state index in [1.165, 1.54) is 12.2 Å². The van der Waals surface area contributed by atoms with Gasteiger partial charge < -0.3 is 0 Å². The summed E-state index contributed by atoms with van der Waals surface area (Å²) in [5.74, 6) is 0.